The van der Waals surface area contributed by atoms with Crippen LogP contribution in [0, 0.1) is 5.82 Å². The van der Waals surface area contributed by atoms with Gasteiger partial charge in [-0.2, -0.15) is 4.31 Å². The lowest BCUT2D eigenvalue weighted by Gasteiger charge is -2.36. The number of phenolic OH excluding ortho intramolecular Hbond substituents is 1. The number of halogens is 2. The molecule has 11 heteroatoms. The third-order valence-electron chi connectivity index (χ3n) is 5.32. The highest BCUT2D eigenvalue weighted by Gasteiger charge is 2.41. The van der Waals surface area contributed by atoms with Crippen LogP contribution >= 0.6 is 15.9 Å². The Hall–Kier alpha value is -3.15. The fourth-order valence-corrected chi connectivity index (χ4v) is 5.75. The third-order valence-corrected chi connectivity index (χ3v) is 7.87. The second-order valence-electron chi connectivity index (χ2n) is 7.51. The minimum absolute atomic E-state index is 0.0278. The maximum absolute atomic E-state index is 13.6. The smallest absolute Gasteiger partial charge is 0.508 e. The van der Waals surface area contributed by atoms with Crippen LogP contribution in [0.4, 0.5) is 9.18 Å². The number of fused-ring (bicyclic) bond motifs is 1. The molecule has 35 heavy (non-hydrogen) atoms. The molecule has 0 fully saturated rings. The highest BCUT2D eigenvalue weighted by molar-refractivity contribution is 9.10. The van der Waals surface area contributed by atoms with Gasteiger partial charge in [0, 0.05) is 22.1 Å². The van der Waals surface area contributed by atoms with Gasteiger partial charge in [-0.15, -0.1) is 0 Å². The van der Waals surface area contributed by atoms with Gasteiger partial charge in [0.2, 0.25) is 10.0 Å². The van der Waals surface area contributed by atoms with Crippen LogP contribution in [0.25, 0.3) is 0 Å². The van der Waals surface area contributed by atoms with E-state index in [1.807, 2.05) is 0 Å². The Morgan fingerprint density at radius 1 is 1.09 bits per heavy atom. The van der Waals surface area contributed by atoms with Gasteiger partial charge in [-0.1, -0.05) is 15.9 Å². The summed E-state index contributed by atoms with van der Waals surface area (Å²) in [5.41, 5.74) is 0.798. The lowest BCUT2D eigenvalue weighted by Crippen LogP contribution is -2.42. The SMILES string of the molecule is CCOC(=O)OC1c2c(Br)ccc(O)c2CCN1S(=O)(=O)c1ccc(Oc2ccc(F)cc2)cc1. The number of benzene rings is 3. The van der Waals surface area contributed by atoms with Crippen LogP contribution in [0.3, 0.4) is 0 Å². The summed E-state index contributed by atoms with van der Waals surface area (Å²) in [6.45, 7) is 1.60. The summed E-state index contributed by atoms with van der Waals surface area (Å²) in [5.74, 6) is 0.315. The first-order valence-electron chi connectivity index (χ1n) is 10.6. The van der Waals surface area contributed by atoms with E-state index in [-0.39, 0.29) is 30.2 Å². The topological polar surface area (TPSA) is 102 Å². The molecule has 1 N–H and O–H groups in total. The molecule has 0 amide bonds. The number of hydrogen-bond acceptors (Lipinski definition) is 7. The van der Waals surface area contributed by atoms with Crippen LogP contribution in [0.5, 0.6) is 17.2 Å². The van der Waals surface area contributed by atoms with Gasteiger partial charge < -0.3 is 19.3 Å². The molecule has 8 nitrogen and oxygen atoms in total. The molecule has 3 aromatic rings. The van der Waals surface area contributed by atoms with E-state index in [1.165, 1.54) is 54.6 Å². The molecule has 0 spiro atoms. The van der Waals surface area contributed by atoms with Crippen molar-refractivity contribution < 1.29 is 36.9 Å². The third kappa shape index (κ3) is 5.26. The van der Waals surface area contributed by atoms with E-state index in [9.17, 15) is 22.7 Å². The Bertz CT molecular complexity index is 1330. The molecule has 3 aromatic carbocycles. The standard InChI is InChI=1S/C24H21BrFNO7S/c1-2-32-24(29)34-23-22-19(21(28)12-11-20(22)25)13-14-27(23)35(30,31)18-9-7-17(8-10-18)33-16-5-3-15(26)4-6-16/h3-12,23,28H,2,13-14H2,1H3. The molecule has 1 heterocycles. The van der Waals surface area contributed by atoms with Crippen molar-refractivity contribution in [3.63, 3.8) is 0 Å². The van der Waals surface area contributed by atoms with Crippen molar-refractivity contribution in [3.8, 4) is 17.2 Å². The number of hydrogen-bond donors (Lipinski definition) is 1. The zero-order valence-electron chi connectivity index (χ0n) is 18.5. The van der Waals surface area contributed by atoms with Gasteiger partial charge >= 0.3 is 6.16 Å². The summed E-state index contributed by atoms with van der Waals surface area (Å²) in [7, 11) is -4.15. The maximum atomic E-state index is 13.6. The first-order chi connectivity index (χ1) is 16.7. The molecule has 0 aromatic heterocycles. The van der Waals surface area contributed by atoms with Crippen LogP contribution < -0.4 is 4.74 Å². The number of carbonyl (C=O) groups excluding carboxylic acids is 1. The van der Waals surface area contributed by atoms with E-state index in [4.69, 9.17) is 14.2 Å². The van der Waals surface area contributed by atoms with Gasteiger partial charge in [-0.25, -0.2) is 17.6 Å². The predicted octanol–water partition coefficient (Wildman–Crippen LogP) is 5.50. The molecule has 4 rings (SSSR count). The summed E-state index contributed by atoms with van der Waals surface area (Å²) in [4.78, 5) is 12.1. The molecular weight excluding hydrogens is 545 g/mol. The summed E-state index contributed by atoms with van der Waals surface area (Å²) in [5, 5.41) is 10.3. The molecule has 0 radical (unpaired) electrons. The Kier molecular flexibility index (Phi) is 7.29. The van der Waals surface area contributed by atoms with Crippen molar-refractivity contribution in [3.05, 3.63) is 82.1 Å². The number of rotatable bonds is 6. The normalized spacial score (nSPS) is 15.8. The van der Waals surface area contributed by atoms with Crippen LogP contribution in [0.15, 0.2) is 70.0 Å². The summed E-state index contributed by atoms with van der Waals surface area (Å²) in [6, 6.07) is 14.1. The molecule has 0 aliphatic carbocycles. The Morgan fingerprint density at radius 2 is 1.71 bits per heavy atom. The average molecular weight is 566 g/mol. The van der Waals surface area contributed by atoms with E-state index in [0.29, 0.717) is 27.1 Å². The predicted molar refractivity (Wildman–Crippen MR) is 127 cm³/mol. The van der Waals surface area contributed by atoms with Gasteiger partial charge in [0.1, 0.15) is 23.1 Å². The molecule has 1 unspecified atom stereocenters. The highest BCUT2D eigenvalue weighted by atomic mass is 79.9. The Labute approximate surface area is 210 Å². The van der Waals surface area contributed by atoms with Crippen LogP contribution in [0.1, 0.15) is 24.3 Å². The van der Waals surface area contributed by atoms with E-state index in [0.717, 1.165) is 4.31 Å². The lowest BCUT2D eigenvalue weighted by molar-refractivity contribution is -0.0221. The number of carbonyl (C=O) groups is 1. The van der Waals surface area contributed by atoms with Crippen LogP contribution in [0.2, 0.25) is 0 Å². The first-order valence-corrected chi connectivity index (χ1v) is 12.8. The van der Waals surface area contributed by atoms with Gasteiger partial charge in [0.05, 0.1) is 11.5 Å². The van der Waals surface area contributed by atoms with Crippen molar-refractivity contribution in [1.82, 2.24) is 4.31 Å². The molecule has 184 valence electrons. The van der Waals surface area contributed by atoms with Crippen LogP contribution in [-0.4, -0.2) is 37.1 Å². The second kappa shape index (κ2) is 10.2. The van der Waals surface area contributed by atoms with Gasteiger partial charge in [0.15, 0.2) is 6.23 Å². The fourth-order valence-electron chi connectivity index (χ4n) is 3.70. The van der Waals surface area contributed by atoms with E-state index < -0.39 is 28.2 Å². The van der Waals surface area contributed by atoms with E-state index in [2.05, 4.69) is 15.9 Å². The van der Waals surface area contributed by atoms with Gasteiger partial charge in [-0.05, 0) is 74.0 Å². The monoisotopic (exact) mass is 565 g/mol. The number of nitrogens with zero attached hydrogens (tertiary/aromatic N) is 1. The summed E-state index contributed by atoms with van der Waals surface area (Å²) >= 11 is 3.38. The number of aromatic hydroxyl groups is 1. The molecular formula is C24H21BrFNO7S. The van der Waals surface area contributed by atoms with Crippen molar-refractivity contribution in [2.45, 2.75) is 24.5 Å². The molecule has 0 bridgehead atoms. The zero-order valence-corrected chi connectivity index (χ0v) is 20.9. The quantitative estimate of drug-likeness (QED) is 0.393. The first kappa shape index (κ1) is 25.0. The molecule has 0 saturated carbocycles. The largest absolute Gasteiger partial charge is 0.510 e. The summed E-state index contributed by atoms with van der Waals surface area (Å²) < 4.78 is 57.7. The number of phenols is 1. The second-order valence-corrected chi connectivity index (χ2v) is 10.2. The Balaban J connectivity index is 1.66. The van der Waals surface area contributed by atoms with Crippen molar-refractivity contribution >= 4 is 32.1 Å². The minimum Gasteiger partial charge on any atom is -0.508 e. The van der Waals surface area contributed by atoms with Crippen molar-refractivity contribution in [2.24, 2.45) is 0 Å². The molecule has 1 aliphatic heterocycles. The maximum Gasteiger partial charge on any atom is 0.510 e. The summed E-state index contributed by atoms with van der Waals surface area (Å²) in [6.07, 6.45) is -2.20. The average Bonchev–Trinajstić information content (AvgIpc) is 2.83. The molecule has 0 saturated heterocycles. The van der Waals surface area contributed by atoms with E-state index >= 15 is 0 Å². The fraction of sp³-hybridized carbons (Fsp3) is 0.208. The molecule has 1 aliphatic rings. The van der Waals surface area contributed by atoms with Gasteiger partial charge in [0.25, 0.3) is 0 Å². The van der Waals surface area contributed by atoms with Crippen LogP contribution in [-0.2, 0) is 25.9 Å². The van der Waals surface area contributed by atoms with E-state index in [1.54, 1.807) is 13.0 Å². The lowest BCUT2D eigenvalue weighted by atomic mass is 9.98. The van der Waals surface area contributed by atoms with Gasteiger partial charge in [-0.3, -0.25) is 0 Å². The Morgan fingerprint density at radius 3 is 2.34 bits per heavy atom. The zero-order chi connectivity index (χ0) is 25.2. The van der Waals surface area contributed by atoms with Crippen molar-refractivity contribution in [2.75, 3.05) is 13.2 Å². The highest BCUT2D eigenvalue weighted by Crippen LogP contribution is 2.42. The number of sulfonamides is 1. The minimum atomic E-state index is -4.15. The van der Waals surface area contributed by atoms with Crippen molar-refractivity contribution in [1.29, 1.82) is 0 Å². The molecule has 1 atom stereocenters. The number of ether oxygens (including phenoxy) is 3.